The molecule has 0 bridgehead atoms. The smallest absolute Gasteiger partial charge is 0.319 e. The Morgan fingerprint density at radius 3 is 2.80 bits per heavy atom. The molecule has 1 atom stereocenters. The van der Waals surface area contributed by atoms with Crippen LogP contribution in [0.15, 0.2) is 42.6 Å². The van der Waals surface area contributed by atoms with Gasteiger partial charge in [-0.05, 0) is 42.5 Å². The third-order valence-corrected chi connectivity index (χ3v) is 4.32. The Morgan fingerprint density at radius 2 is 2.00 bits per heavy atom. The van der Waals surface area contributed by atoms with Crippen molar-refractivity contribution in [1.29, 1.82) is 0 Å². The standard InChI is InChI=1S/C19H22N4O2/c1-23(2)18(24)17-12-14(10-11-20-17)21-19(25)22-16-9-5-7-13-6-3-4-8-15(13)16/h3-4,6,8,10-12,16H,5,7,9H2,1-2H3,(H2,20,21,22,25). The zero-order chi connectivity index (χ0) is 17.8. The van der Waals surface area contributed by atoms with E-state index in [0.29, 0.717) is 11.4 Å². The molecule has 3 rings (SSSR count). The number of aromatic nitrogens is 1. The van der Waals surface area contributed by atoms with Gasteiger partial charge in [0.25, 0.3) is 5.91 Å². The van der Waals surface area contributed by atoms with E-state index >= 15 is 0 Å². The van der Waals surface area contributed by atoms with E-state index < -0.39 is 0 Å². The van der Waals surface area contributed by atoms with Gasteiger partial charge in [0.05, 0.1) is 6.04 Å². The first-order chi connectivity index (χ1) is 12.0. The Hall–Kier alpha value is -2.89. The lowest BCUT2D eigenvalue weighted by molar-refractivity contribution is 0.0822. The fourth-order valence-corrected chi connectivity index (χ4v) is 3.08. The monoisotopic (exact) mass is 338 g/mol. The molecule has 0 radical (unpaired) electrons. The summed E-state index contributed by atoms with van der Waals surface area (Å²) in [6, 6.07) is 11.2. The van der Waals surface area contributed by atoms with E-state index in [9.17, 15) is 9.59 Å². The van der Waals surface area contributed by atoms with Gasteiger partial charge in [-0.15, -0.1) is 0 Å². The third-order valence-electron chi connectivity index (χ3n) is 4.32. The maximum absolute atomic E-state index is 12.4. The molecular weight excluding hydrogens is 316 g/mol. The number of hydrogen-bond donors (Lipinski definition) is 2. The molecule has 3 amide bonds. The van der Waals surface area contributed by atoms with E-state index in [0.717, 1.165) is 19.3 Å². The lowest BCUT2D eigenvalue weighted by Gasteiger charge is -2.26. The summed E-state index contributed by atoms with van der Waals surface area (Å²) >= 11 is 0. The van der Waals surface area contributed by atoms with Crippen molar-refractivity contribution in [2.45, 2.75) is 25.3 Å². The number of amides is 3. The number of pyridine rings is 1. The van der Waals surface area contributed by atoms with Crippen LogP contribution in [0.25, 0.3) is 0 Å². The number of hydrogen-bond acceptors (Lipinski definition) is 3. The van der Waals surface area contributed by atoms with Crippen LogP contribution in [0.3, 0.4) is 0 Å². The molecule has 0 aliphatic heterocycles. The highest BCUT2D eigenvalue weighted by Gasteiger charge is 2.21. The quantitative estimate of drug-likeness (QED) is 0.903. The molecule has 1 aromatic heterocycles. The summed E-state index contributed by atoms with van der Waals surface area (Å²) in [6.07, 6.45) is 4.54. The van der Waals surface area contributed by atoms with E-state index in [2.05, 4.69) is 27.8 Å². The van der Waals surface area contributed by atoms with Gasteiger partial charge >= 0.3 is 6.03 Å². The largest absolute Gasteiger partial charge is 0.343 e. The number of benzene rings is 1. The number of fused-ring (bicyclic) bond motifs is 1. The van der Waals surface area contributed by atoms with Gasteiger partial charge in [0, 0.05) is 26.0 Å². The minimum absolute atomic E-state index is 0.00895. The third kappa shape index (κ3) is 3.96. The average Bonchev–Trinajstić information content (AvgIpc) is 2.61. The topological polar surface area (TPSA) is 74.3 Å². The fourth-order valence-electron chi connectivity index (χ4n) is 3.08. The predicted octanol–water partition coefficient (Wildman–Crippen LogP) is 2.98. The van der Waals surface area contributed by atoms with Crippen molar-refractivity contribution < 1.29 is 9.59 Å². The van der Waals surface area contributed by atoms with E-state index in [1.807, 2.05) is 12.1 Å². The van der Waals surface area contributed by atoms with Crippen molar-refractivity contribution in [2.75, 3.05) is 19.4 Å². The van der Waals surface area contributed by atoms with Gasteiger partial charge in [-0.3, -0.25) is 9.78 Å². The van der Waals surface area contributed by atoms with Crippen LogP contribution >= 0.6 is 0 Å². The second kappa shape index (κ2) is 7.34. The van der Waals surface area contributed by atoms with Gasteiger partial charge in [-0.25, -0.2) is 4.79 Å². The molecule has 0 saturated heterocycles. The summed E-state index contributed by atoms with van der Waals surface area (Å²) in [5.74, 6) is -0.203. The molecule has 1 aliphatic rings. The molecular formula is C19H22N4O2. The van der Waals surface area contributed by atoms with Gasteiger partial charge in [0.2, 0.25) is 0 Å². The molecule has 1 aromatic carbocycles. The van der Waals surface area contributed by atoms with Crippen molar-refractivity contribution in [1.82, 2.24) is 15.2 Å². The molecule has 0 saturated carbocycles. The molecule has 1 unspecified atom stereocenters. The van der Waals surface area contributed by atoms with Crippen LogP contribution in [0.5, 0.6) is 0 Å². The second-order valence-electron chi connectivity index (χ2n) is 6.37. The van der Waals surface area contributed by atoms with E-state index in [1.165, 1.54) is 22.2 Å². The fraction of sp³-hybridized carbons (Fsp3) is 0.316. The average molecular weight is 338 g/mol. The highest BCUT2D eigenvalue weighted by molar-refractivity contribution is 5.95. The predicted molar refractivity (Wildman–Crippen MR) is 96.5 cm³/mol. The lowest BCUT2D eigenvalue weighted by atomic mass is 9.88. The van der Waals surface area contributed by atoms with E-state index in [1.54, 1.807) is 26.2 Å². The van der Waals surface area contributed by atoms with Crippen molar-refractivity contribution in [3.8, 4) is 0 Å². The van der Waals surface area contributed by atoms with Crippen molar-refractivity contribution in [3.63, 3.8) is 0 Å². The van der Waals surface area contributed by atoms with Crippen LogP contribution in [0, 0.1) is 0 Å². The summed E-state index contributed by atoms with van der Waals surface area (Å²) in [6.45, 7) is 0. The van der Waals surface area contributed by atoms with Crippen molar-refractivity contribution in [3.05, 3.63) is 59.4 Å². The number of nitrogens with one attached hydrogen (secondary N) is 2. The Bertz CT molecular complexity index is 788. The minimum atomic E-state index is -0.281. The molecule has 6 nitrogen and oxygen atoms in total. The summed E-state index contributed by atoms with van der Waals surface area (Å²) in [4.78, 5) is 29.8. The highest BCUT2D eigenvalue weighted by atomic mass is 16.2. The first-order valence-corrected chi connectivity index (χ1v) is 8.37. The summed E-state index contributed by atoms with van der Waals surface area (Å²) < 4.78 is 0. The lowest BCUT2D eigenvalue weighted by Crippen LogP contribution is -2.34. The number of aryl methyl sites for hydroxylation is 1. The zero-order valence-corrected chi connectivity index (χ0v) is 14.5. The molecule has 2 aromatic rings. The maximum Gasteiger partial charge on any atom is 0.319 e. The summed E-state index contributed by atoms with van der Waals surface area (Å²) in [5.41, 5.74) is 3.32. The Kier molecular flexibility index (Phi) is 4.97. The number of rotatable bonds is 3. The van der Waals surface area contributed by atoms with Crippen LogP contribution in [-0.4, -0.2) is 35.9 Å². The number of urea groups is 1. The molecule has 1 heterocycles. The molecule has 1 aliphatic carbocycles. The van der Waals surface area contributed by atoms with Crippen LogP contribution in [-0.2, 0) is 6.42 Å². The van der Waals surface area contributed by atoms with Crippen LogP contribution in [0.2, 0.25) is 0 Å². The molecule has 2 N–H and O–H groups in total. The normalized spacial score (nSPS) is 15.8. The number of carbonyl (C=O) groups excluding carboxylic acids is 2. The van der Waals surface area contributed by atoms with Gasteiger partial charge < -0.3 is 15.5 Å². The van der Waals surface area contributed by atoms with Gasteiger partial charge in [-0.1, -0.05) is 24.3 Å². The number of carbonyl (C=O) groups is 2. The maximum atomic E-state index is 12.4. The van der Waals surface area contributed by atoms with Gasteiger partial charge in [-0.2, -0.15) is 0 Å². The first-order valence-electron chi connectivity index (χ1n) is 8.37. The van der Waals surface area contributed by atoms with Crippen LogP contribution in [0.1, 0.15) is 40.5 Å². The first kappa shape index (κ1) is 17.0. The molecule has 0 fully saturated rings. The zero-order valence-electron chi connectivity index (χ0n) is 14.5. The van der Waals surface area contributed by atoms with E-state index in [4.69, 9.17) is 0 Å². The summed E-state index contributed by atoms with van der Waals surface area (Å²) in [7, 11) is 3.33. The second-order valence-corrected chi connectivity index (χ2v) is 6.37. The minimum Gasteiger partial charge on any atom is -0.343 e. The Balaban J connectivity index is 1.68. The molecule has 0 spiro atoms. The molecule has 130 valence electrons. The van der Waals surface area contributed by atoms with Gasteiger partial charge in [0.1, 0.15) is 5.69 Å². The van der Waals surface area contributed by atoms with Crippen LogP contribution in [0.4, 0.5) is 10.5 Å². The van der Waals surface area contributed by atoms with Crippen LogP contribution < -0.4 is 10.6 Å². The van der Waals surface area contributed by atoms with E-state index in [-0.39, 0.29) is 18.0 Å². The molecule has 6 heteroatoms. The summed E-state index contributed by atoms with van der Waals surface area (Å²) in [5, 5.41) is 5.82. The Morgan fingerprint density at radius 1 is 1.20 bits per heavy atom. The van der Waals surface area contributed by atoms with Gasteiger partial charge in [0.15, 0.2) is 0 Å². The Labute approximate surface area is 147 Å². The number of anilines is 1. The SMILES string of the molecule is CN(C)C(=O)c1cc(NC(=O)NC2CCCc3ccccc32)ccn1. The van der Waals surface area contributed by atoms with Crippen molar-refractivity contribution >= 4 is 17.6 Å². The highest BCUT2D eigenvalue weighted by Crippen LogP contribution is 2.29. The van der Waals surface area contributed by atoms with Crippen molar-refractivity contribution in [2.24, 2.45) is 0 Å². The molecule has 25 heavy (non-hydrogen) atoms. The number of nitrogens with zero attached hydrogens (tertiary/aromatic N) is 2.